The lowest BCUT2D eigenvalue weighted by Crippen LogP contribution is -2.51. The van der Waals surface area contributed by atoms with Gasteiger partial charge in [-0.3, -0.25) is 14.4 Å². The van der Waals surface area contributed by atoms with Gasteiger partial charge in [-0.25, -0.2) is 4.39 Å². The number of nitrogens with one attached hydrogen (secondary N) is 2. The Morgan fingerprint density at radius 3 is 2.39 bits per heavy atom. The van der Waals surface area contributed by atoms with Gasteiger partial charge in [0.1, 0.15) is 5.82 Å². The van der Waals surface area contributed by atoms with Crippen molar-refractivity contribution < 1.29 is 23.9 Å². The summed E-state index contributed by atoms with van der Waals surface area (Å²) in [7, 11) is 0. The Balaban J connectivity index is 3.04. The first-order valence-electron chi connectivity index (χ1n) is 7.16. The second-order valence-electron chi connectivity index (χ2n) is 5.97. The summed E-state index contributed by atoms with van der Waals surface area (Å²) >= 11 is 0. The van der Waals surface area contributed by atoms with Gasteiger partial charge in [-0.15, -0.1) is 0 Å². The van der Waals surface area contributed by atoms with Crippen molar-refractivity contribution in [1.29, 1.82) is 0 Å². The maximum atomic E-state index is 13.6. The van der Waals surface area contributed by atoms with E-state index in [1.54, 1.807) is 20.8 Å². The van der Waals surface area contributed by atoms with Crippen LogP contribution in [0.5, 0.6) is 0 Å². The van der Waals surface area contributed by atoms with Crippen molar-refractivity contribution in [3.63, 3.8) is 0 Å². The van der Waals surface area contributed by atoms with E-state index in [9.17, 15) is 18.8 Å². The van der Waals surface area contributed by atoms with Gasteiger partial charge in [-0.1, -0.05) is 13.8 Å². The monoisotopic (exact) mass is 324 g/mol. The van der Waals surface area contributed by atoms with Crippen LogP contribution >= 0.6 is 0 Å². The van der Waals surface area contributed by atoms with E-state index in [1.165, 1.54) is 19.1 Å². The summed E-state index contributed by atoms with van der Waals surface area (Å²) in [4.78, 5) is 34.4. The Bertz CT molecular complexity index is 631. The molecule has 2 amide bonds. The lowest BCUT2D eigenvalue weighted by molar-refractivity contribution is -0.139. The topological polar surface area (TPSA) is 95.5 Å². The Morgan fingerprint density at radius 1 is 1.30 bits per heavy atom. The third-order valence-electron chi connectivity index (χ3n) is 3.73. The lowest BCUT2D eigenvalue weighted by Gasteiger charge is -2.33. The first kappa shape index (κ1) is 18.6. The number of carbonyl (C=O) groups is 3. The van der Waals surface area contributed by atoms with Crippen molar-refractivity contribution in [3.8, 4) is 0 Å². The Kier molecular flexibility index (Phi) is 5.84. The quantitative estimate of drug-likeness (QED) is 0.749. The number of amides is 2. The summed E-state index contributed by atoms with van der Waals surface area (Å²) in [6.07, 6.45) is -0.240. The highest BCUT2D eigenvalue weighted by Crippen LogP contribution is 2.23. The number of hydrogen-bond acceptors (Lipinski definition) is 3. The number of aliphatic carboxylic acids is 1. The number of halogens is 1. The van der Waals surface area contributed by atoms with Crippen molar-refractivity contribution in [1.82, 2.24) is 5.32 Å². The molecule has 0 heterocycles. The molecule has 0 aliphatic rings. The Morgan fingerprint density at radius 2 is 1.91 bits per heavy atom. The molecule has 1 aromatic carbocycles. The van der Waals surface area contributed by atoms with Gasteiger partial charge in [0, 0.05) is 12.5 Å². The van der Waals surface area contributed by atoms with Gasteiger partial charge in [0.2, 0.25) is 5.91 Å². The summed E-state index contributed by atoms with van der Waals surface area (Å²) in [5.74, 6) is -2.81. The molecule has 6 nitrogen and oxygen atoms in total. The number of carboxylic acids is 1. The number of rotatable bonds is 6. The van der Waals surface area contributed by atoms with Gasteiger partial charge in [0.25, 0.3) is 5.91 Å². The van der Waals surface area contributed by atoms with Crippen LogP contribution in [0.15, 0.2) is 18.2 Å². The standard InChI is InChI=1S/C16H21FN2O4/c1-9(2)16(4,8-14(21)22)19-15(23)11-5-6-12(17)13(7-11)18-10(3)20/h5-7,9H,8H2,1-4H3,(H,18,20)(H,19,23)(H,21,22). The van der Waals surface area contributed by atoms with Crippen LogP contribution in [-0.2, 0) is 9.59 Å². The second-order valence-corrected chi connectivity index (χ2v) is 5.97. The number of carbonyl (C=O) groups excluding carboxylic acids is 2. The minimum atomic E-state index is -1.03. The molecule has 0 aliphatic heterocycles. The molecule has 23 heavy (non-hydrogen) atoms. The fraction of sp³-hybridized carbons (Fsp3) is 0.438. The van der Waals surface area contributed by atoms with Gasteiger partial charge >= 0.3 is 5.97 Å². The van der Waals surface area contributed by atoms with Gasteiger partial charge in [0.05, 0.1) is 17.6 Å². The molecule has 0 spiro atoms. The van der Waals surface area contributed by atoms with Gasteiger partial charge in [-0.2, -0.15) is 0 Å². The third-order valence-corrected chi connectivity index (χ3v) is 3.73. The third kappa shape index (κ3) is 5.05. The first-order valence-corrected chi connectivity index (χ1v) is 7.16. The minimum absolute atomic E-state index is 0.102. The highest BCUT2D eigenvalue weighted by atomic mass is 19.1. The second kappa shape index (κ2) is 7.21. The molecule has 1 aromatic rings. The maximum Gasteiger partial charge on any atom is 0.305 e. The molecule has 0 aromatic heterocycles. The van der Waals surface area contributed by atoms with E-state index in [2.05, 4.69) is 10.6 Å². The summed E-state index contributed by atoms with van der Waals surface area (Å²) in [6.45, 7) is 6.48. The van der Waals surface area contributed by atoms with E-state index < -0.39 is 29.1 Å². The van der Waals surface area contributed by atoms with E-state index in [0.717, 1.165) is 6.07 Å². The number of benzene rings is 1. The predicted octanol–water partition coefficient (Wildman–Crippen LogP) is 2.40. The molecule has 0 fully saturated rings. The number of anilines is 1. The average Bonchev–Trinajstić information content (AvgIpc) is 2.39. The summed E-state index contributed by atoms with van der Waals surface area (Å²) in [6, 6.07) is 3.56. The summed E-state index contributed by atoms with van der Waals surface area (Å²) < 4.78 is 13.6. The van der Waals surface area contributed by atoms with E-state index in [1.807, 2.05) is 0 Å². The van der Waals surface area contributed by atoms with Crippen molar-refractivity contribution in [3.05, 3.63) is 29.6 Å². The molecule has 1 unspecified atom stereocenters. The van der Waals surface area contributed by atoms with Gasteiger partial charge in [0.15, 0.2) is 0 Å². The highest BCUT2D eigenvalue weighted by molar-refractivity contribution is 5.97. The molecule has 0 radical (unpaired) electrons. The molecule has 0 saturated carbocycles. The summed E-state index contributed by atoms with van der Waals surface area (Å²) in [5.41, 5.74) is -0.923. The summed E-state index contributed by atoms with van der Waals surface area (Å²) in [5, 5.41) is 14.0. The van der Waals surface area contributed by atoms with Crippen LogP contribution in [0.25, 0.3) is 0 Å². The zero-order valence-corrected chi connectivity index (χ0v) is 13.6. The molecule has 126 valence electrons. The largest absolute Gasteiger partial charge is 0.481 e. The molecule has 0 bridgehead atoms. The minimum Gasteiger partial charge on any atom is -0.481 e. The smallest absolute Gasteiger partial charge is 0.305 e. The van der Waals surface area contributed by atoms with Gasteiger partial charge in [-0.05, 0) is 31.0 Å². The Hall–Kier alpha value is -2.44. The highest BCUT2D eigenvalue weighted by Gasteiger charge is 2.33. The molecule has 1 rings (SSSR count). The number of carboxylic acid groups (broad SMARTS) is 1. The Labute approximate surface area is 134 Å². The van der Waals surface area contributed by atoms with Crippen LogP contribution in [0.4, 0.5) is 10.1 Å². The van der Waals surface area contributed by atoms with E-state index >= 15 is 0 Å². The van der Waals surface area contributed by atoms with Gasteiger partial charge < -0.3 is 15.7 Å². The van der Waals surface area contributed by atoms with Crippen molar-refractivity contribution in [2.45, 2.75) is 39.7 Å². The van der Waals surface area contributed by atoms with Crippen LogP contribution in [0.1, 0.15) is 44.5 Å². The van der Waals surface area contributed by atoms with Crippen LogP contribution < -0.4 is 10.6 Å². The van der Waals surface area contributed by atoms with Crippen molar-refractivity contribution >= 4 is 23.5 Å². The molecule has 3 N–H and O–H groups in total. The van der Waals surface area contributed by atoms with E-state index in [0.29, 0.717) is 0 Å². The molecule has 1 atom stereocenters. The van der Waals surface area contributed by atoms with Crippen LogP contribution in [0, 0.1) is 11.7 Å². The zero-order valence-electron chi connectivity index (χ0n) is 13.6. The van der Waals surface area contributed by atoms with Crippen molar-refractivity contribution in [2.24, 2.45) is 5.92 Å². The molecular formula is C16H21FN2O4. The fourth-order valence-electron chi connectivity index (χ4n) is 1.99. The molecular weight excluding hydrogens is 303 g/mol. The van der Waals surface area contributed by atoms with Crippen LogP contribution in [-0.4, -0.2) is 28.4 Å². The van der Waals surface area contributed by atoms with Crippen LogP contribution in [0.3, 0.4) is 0 Å². The van der Waals surface area contributed by atoms with E-state index in [4.69, 9.17) is 5.11 Å². The first-order chi connectivity index (χ1) is 10.5. The molecule has 0 saturated heterocycles. The maximum absolute atomic E-state index is 13.6. The number of hydrogen-bond donors (Lipinski definition) is 3. The normalized spacial score (nSPS) is 13.3. The fourth-order valence-corrected chi connectivity index (χ4v) is 1.99. The lowest BCUT2D eigenvalue weighted by atomic mass is 9.85. The predicted molar refractivity (Wildman–Crippen MR) is 83.7 cm³/mol. The average molecular weight is 324 g/mol. The molecule has 7 heteroatoms. The SMILES string of the molecule is CC(=O)Nc1cc(C(=O)NC(C)(CC(=O)O)C(C)C)ccc1F. The van der Waals surface area contributed by atoms with E-state index in [-0.39, 0.29) is 23.6 Å². The van der Waals surface area contributed by atoms with Crippen molar-refractivity contribution in [2.75, 3.05) is 5.32 Å². The molecule has 0 aliphatic carbocycles. The van der Waals surface area contributed by atoms with Crippen LogP contribution in [0.2, 0.25) is 0 Å². The zero-order chi connectivity index (χ0) is 17.8.